The van der Waals surface area contributed by atoms with Gasteiger partial charge in [-0.25, -0.2) is 19.9 Å². The van der Waals surface area contributed by atoms with Gasteiger partial charge < -0.3 is 0 Å². The summed E-state index contributed by atoms with van der Waals surface area (Å²) in [7, 11) is 0. The molecule has 46 heavy (non-hydrogen) atoms. The number of para-hydroxylation sites is 1. The number of allylic oxidation sites excluding steroid dienone is 9. The number of nitrogens with zero attached hydrogens (tertiary/aromatic N) is 6. The van der Waals surface area contributed by atoms with Crippen LogP contribution in [0.1, 0.15) is 31.2 Å². The number of benzene rings is 2. The third kappa shape index (κ3) is 5.36. The van der Waals surface area contributed by atoms with Crippen molar-refractivity contribution in [2.75, 3.05) is 0 Å². The number of rotatable bonds is 4. The van der Waals surface area contributed by atoms with Crippen molar-refractivity contribution in [2.45, 2.75) is 26.2 Å². The highest BCUT2D eigenvalue weighted by atomic mass is 15.0. The zero-order chi connectivity index (χ0) is 30.9. The van der Waals surface area contributed by atoms with E-state index in [1.54, 1.807) is 12.4 Å². The van der Waals surface area contributed by atoms with E-state index in [-0.39, 0.29) is 0 Å². The van der Waals surface area contributed by atoms with Gasteiger partial charge in [-0.1, -0.05) is 66.8 Å². The fraction of sp³-hybridized carbons (Fsp3) is 0.125. The van der Waals surface area contributed by atoms with E-state index in [1.807, 2.05) is 55.5 Å². The molecular weight excluding hydrogens is 564 g/mol. The van der Waals surface area contributed by atoms with Crippen molar-refractivity contribution in [1.29, 1.82) is 0 Å². The maximum atomic E-state index is 5.28. The number of aliphatic imine (C=N–C) groups is 1. The molecule has 1 unspecified atom stereocenters. The lowest BCUT2D eigenvalue weighted by molar-refractivity contribution is 0.624. The molecule has 0 saturated carbocycles. The van der Waals surface area contributed by atoms with Crippen molar-refractivity contribution in [2.24, 2.45) is 10.9 Å². The molecule has 0 bridgehead atoms. The summed E-state index contributed by atoms with van der Waals surface area (Å²) in [6.45, 7) is 2.02. The molecule has 0 fully saturated rings. The van der Waals surface area contributed by atoms with E-state index >= 15 is 0 Å². The van der Waals surface area contributed by atoms with Gasteiger partial charge in [0.2, 0.25) is 0 Å². The lowest BCUT2D eigenvalue weighted by Gasteiger charge is -2.26. The van der Waals surface area contributed by atoms with Gasteiger partial charge in [0.25, 0.3) is 0 Å². The van der Waals surface area contributed by atoms with Crippen molar-refractivity contribution in [1.82, 2.24) is 24.9 Å². The highest BCUT2D eigenvalue weighted by Gasteiger charge is 2.27. The molecule has 1 atom stereocenters. The van der Waals surface area contributed by atoms with Crippen molar-refractivity contribution >= 4 is 27.9 Å². The van der Waals surface area contributed by atoms with E-state index in [0.717, 1.165) is 75.1 Å². The zero-order valence-electron chi connectivity index (χ0n) is 25.4. The van der Waals surface area contributed by atoms with Crippen LogP contribution in [-0.2, 0) is 6.42 Å². The van der Waals surface area contributed by atoms with Crippen LogP contribution in [0.2, 0.25) is 0 Å². The molecule has 0 saturated heterocycles. The number of fused-ring (bicyclic) bond motifs is 4. The van der Waals surface area contributed by atoms with Gasteiger partial charge in [-0.05, 0) is 74.3 Å². The Morgan fingerprint density at radius 1 is 0.783 bits per heavy atom. The Labute approximate surface area is 267 Å². The molecular formula is C40H30N6. The lowest BCUT2D eigenvalue weighted by atomic mass is 9.83. The Balaban J connectivity index is 1.28. The van der Waals surface area contributed by atoms with E-state index in [1.165, 1.54) is 5.56 Å². The maximum Gasteiger partial charge on any atom is 0.165 e. The van der Waals surface area contributed by atoms with Crippen molar-refractivity contribution in [3.8, 4) is 34.0 Å². The van der Waals surface area contributed by atoms with Crippen LogP contribution in [-0.4, -0.2) is 30.6 Å². The Morgan fingerprint density at radius 2 is 1.63 bits per heavy atom. The molecule has 3 aliphatic rings. The summed E-state index contributed by atoms with van der Waals surface area (Å²) in [5.41, 5.74) is 13.2. The molecule has 6 heteroatoms. The molecule has 2 aliphatic carbocycles. The SMILES string of the molecule is CC1=C=CC=C(c2nc(-c3cccnc3)nc(-c3cccc(-c4nc5ccccc5c5c4CC4CC/C=C\C=C/C4=N5)c3)n2)C=C1. The Hall–Kier alpha value is -5.84. The molecule has 1 aliphatic heterocycles. The minimum absolute atomic E-state index is 0.347. The van der Waals surface area contributed by atoms with E-state index in [9.17, 15) is 0 Å². The predicted molar refractivity (Wildman–Crippen MR) is 185 cm³/mol. The monoisotopic (exact) mass is 594 g/mol. The molecule has 6 nitrogen and oxygen atoms in total. The number of hydrogen-bond donors (Lipinski definition) is 0. The first-order valence-corrected chi connectivity index (χ1v) is 15.6. The summed E-state index contributed by atoms with van der Waals surface area (Å²) in [5, 5.41) is 1.08. The topological polar surface area (TPSA) is 76.8 Å². The molecule has 0 spiro atoms. The van der Waals surface area contributed by atoms with Crippen LogP contribution in [0.25, 0.3) is 50.5 Å². The summed E-state index contributed by atoms with van der Waals surface area (Å²) in [4.78, 5) is 29.7. The summed E-state index contributed by atoms with van der Waals surface area (Å²) in [6.07, 6.45) is 23.1. The minimum Gasteiger partial charge on any atom is -0.264 e. The van der Waals surface area contributed by atoms with Crippen molar-refractivity contribution in [3.05, 3.63) is 144 Å². The van der Waals surface area contributed by atoms with Crippen LogP contribution in [0.15, 0.2) is 138 Å². The van der Waals surface area contributed by atoms with Gasteiger partial charge in [0.1, 0.15) is 0 Å². The second-order valence-corrected chi connectivity index (χ2v) is 11.7. The third-order valence-corrected chi connectivity index (χ3v) is 8.56. The fourth-order valence-electron chi connectivity index (χ4n) is 6.21. The molecule has 0 radical (unpaired) electrons. The summed E-state index contributed by atoms with van der Waals surface area (Å²) < 4.78 is 0. The van der Waals surface area contributed by atoms with E-state index < -0.39 is 0 Å². The van der Waals surface area contributed by atoms with Crippen LogP contribution in [0.3, 0.4) is 0 Å². The average Bonchev–Trinajstić information content (AvgIpc) is 3.32. The highest BCUT2D eigenvalue weighted by Crippen LogP contribution is 2.42. The van der Waals surface area contributed by atoms with Gasteiger partial charge in [-0.15, -0.1) is 5.73 Å². The first-order valence-electron chi connectivity index (χ1n) is 15.6. The van der Waals surface area contributed by atoms with E-state index in [2.05, 4.69) is 71.4 Å². The molecule has 4 heterocycles. The van der Waals surface area contributed by atoms with E-state index in [0.29, 0.717) is 23.4 Å². The maximum absolute atomic E-state index is 5.28. The molecule has 220 valence electrons. The zero-order valence-corrected chi connectivity index (χ0v) is 25.4. The average molecular weight is 595 g/mol. The van der Waals surface area contributed by atoms with Gasteiger partial charge in [0.15, 0.2) is 17.5 Å². The third-order valence-electron chi connectivity index (χ3n) is 8.56. The van der Waals surface area contributed by atoms with Crippen LogP contribution < -0.4 is 0 Å². The molecule has 0 N–H and O–H groups in total. The summed E-state index contributed by atoms with van der Waals surface area (Å²) in [5.74, 6) is 2.09. The van der Waals surface area contributed by atoms with Gasteiger partial charge in [0, 0.05) is 57.2 Å². The molecule has 2 aromatic carbocycles. The van der Waals surface area contributed by atoms with Gasteiger partial charge in [-0.2, -0.15) is 0 Å². The molecule has 3 aromatic heterocycles. The number of pyridine rings is 2. The molecule has 8 rings (SSSR count). The highest BCUT2D eigenvalue weighted by molar-refractivity contribution is 6.06. The Bertz CT molecular complexity index is 2230. The van der Waals surface area contributed by atoms with E-state index in [4.69, 9.17) is 24.9 Å². The van der Waals surface area contributed by atoms with Crippen LogP contribution >= 0.6 is 0 Å². The first-order chi connectivity index (χ1) is 22.7. The summed E-state index contributed by atoms with van der Waals surface area (Å²) >= 11 is 0. The van der Waals surface area contributed by atoms with Crippen molar-refractivity contribution < 1.29 is 0 Å². The fourth-order valence-corrected chi connectivity index (χ4v) is 6.21. The smallest absolute Gasteiger partial charge is 0.165 e. The Morgan fingerprint density at radius 3 is 2.54 bits per heavy atom. The van der Waals surface area contributed by atoms with Crippen LogP contribution in [0.4, 0.5) is 5.69 Å². The second-order valence-electron chi connectivity index (χ2n) is 11.7. The number of aromatic nitrogens is 5. The standard InChI is InChI=1S/C40H30N6/c1-26-11-8-13-27(21-20-26)38-44-39(46-40(45-38)31-16-10-22-41-25-31)30-15-9-14-29(23-30)36-33-24-28-12-4-2-3-5-18-34(28)42-37(33)32-17-6-7-19-35(32)43-36/h2-3,5-10,13-23,25,28H,4,12,24H2,1H3/b3-2-,18-5-. The first kappa shape index (κ1) is 27.7. The van der Waals surface area contributed by atoms with Crippen molar-refractivity contribution in [3.63, 3.8) is 0 Å². The van der Waals surface area contributed by atoms with Gasteiger partial charge >= 0.3 is 0 Å². The number of hydrogen-bond acceptors (Lipinski definition) is 6. The summed E-state index contributed by atoms with van der Waals surface area (Å²) in [6, 6.07) is 20.6. The predicted octanol–water partition coefficient (Wildman–Crippen LogP) is 9.02. The largest absolute Gasteiger partial charge is 0.264 e. The normalized spacial score (nSPS) is 18.3. The van der Waals surface area contributed by atoms with Crippen LogP contribution in [0, 0.1) is 5.92 Å². The second kappa shape index (κ2) is 11.9. The molecule has 5 aromatic rings. The lowest BCUT2D eigenvalue weighted by Crippen LogP contribution is -2.20. The minimum atomic E-state index is 0.347. The Kier molecular flexibility index (Phi) is 7.18. The van der Waals surface area contributed by atoms with Crippen LogP contribution in [0.5, 0.6) is 0 Å². The van der Waals surface area contributed by atoms with Gasteiger partial charge in [-0.3, -0.25) is 9.98 Å². The molecule has 0 amide bonds. The van der Waals surface area contributed by atoms with Gasteiger partial charge in [0.05, 0.1) is 16.9 Å². The quantitative estimate of drug-likeness (QED) is 0.194.